The van der Waals surface area contributed by atoms with Crippen LogP contribution in [0.4, 0.5) is 0 Å². The van der Waals surface area contributed by atoms with E-state index in [1.165, 1.54) is 19.3 Å². The highest BCUT2D eigenvalue weighted by Crippen LogP contribution is 2.33. The fourth-order valence-corrected chi connectivity index (χ4v) is 1.23. The molecule has 1 amide bonds. The molecule has 1 aliphatic rings. The van der Waals surface area contributed by atoms with Gasteiger partial charge in [0.15, 0.2) is 0 Å². The second kappa shape index (κ2) is 2.85. The van der Waals surface area contributed by atoms with Gasteiger partial charge in [-0.3, -0.25) is 4.79 Å². The maximum atomic E-state index is 9.89. The largest absolute Gasteiger partial charge is 0.356 e. The zero-order valence-electron chi connectivity index (χ0n) is 5.76. The summed E-state index contributed by atoms with van der Waals surface area (Å²) < 4.78 is 0. The molecule has 2 atom stereocenters. The van der Waals surface area contributed by atoms with Gasteiger partial charge >= 0.3 is 0 Å². The first-order valence-electron chi connectivity index (χ1n) is 3.58. The molecular formula is C7H13NO. The number of hydrogen-bond donors (Lipinski definition) is 1. The third-order valence-corrected chi connectivity index (χ3v) is 1.86. The van der Waals surface area contributed by atoms with Crippen molar-refractivity contribution in [1.82, 2.24) is 5.32 Å². The van der Waals surface area contributed by atoms with Crippen molar-refractivity contribution in [2.24, 2.45) is 5.92 Å². The van der Waals surface area contributed by atoms with Gasteiger partial charge in [0.1, 0.15) is 0 Å². The molecule has 0 aromatic rings. The lowest BCUT2D eigenvalue weighted by atomic mass is 10.2. The van der Waals surface area contributed by atoms with E-state index in [0.29, 0.717) is 6.04 Å². The second-order valence-electron chi connectivity index (χ2n) is 2.68. The van der Waals surface area contributed by atoms with Crippen molar-refractivity contribution in [3.63, 3.8) is 0 Å². The molecule has 1 fully saturated rings. The molecule has 1 N–H and O–H groups in total. The van der Waals surface area contributed by atoms with Crippen LogP contribution in [0.25, 0.3) is 0 Å². The number of amides is 1. The topological polar surface area (TPSA) is 29.1 Å². The Morgan fingerprint density at radius 1 is 1.78 bits per heavy atom. The Bertz CT molecular complexity index is 103. The summed E-state index contributed by atoms with van der Waals surface area (Å²) in [6, 6.07) is 0.516. The Kier molecular flexibility index (Phi) is 2.09. The minimum absolute atomic E-state index is 0.516. The molecule has 0 saturated heterocycles. The monoisotopic (exact) mass is 127 g/mol. The average Bonchev–Trinajstić information content (AvgIpc) is 2.50. The molecule has 0 aromatic carbocycles. The third kappa shape index (κ3) is 1.70. The van der Waals surface area contributed by atoms with E-state index in [9.17, 15) is 4.79 Å². The summed E-state index contributed by atoms with van der Waals surface area (Å²) in [5, 5.41) is 2.77. The number of hydrogen-bond acceptors (Lipinski definition) is 1. The fourth-order valence-electron chi connectivity index (χ4n) is 1.23. The van der Waals surface area contributed by atoms with Crippen LogP contribution < -0.4 is 5.32 Å². The molecule has 2 heteroatoms. The molecule has 0 bridgehead atoms. The molecule has 0 heterocycles. The van der Waals surface area contributed by atoms with E-state index in [0.717, 1.165) is 12.3 Å². The van der Waals surface area contributed by atoms with Gasteiger partial charge in [-0.15, -0.1) is 0 Å². The molecule has 0 aromatic heterocycles. The number of carbonyl (C=O) groups excluding carboxylic acids is 1. The summed E-state index contributed by atoms with van der Waals surface area (Å²) in [6.07, 6.45) is 4.51. The van der Waals surface area contributed by atoms with Gasteiger partial charge < -0.3 is 5.32 Å². The maximum Gasteiger partial charge on any atom is 0.207 e. The van der Waals surface area contributed by atoms with Gasteiger partial charge in [-0.2, -0.15) is 0 Å². The van der Waals surface area contributed by atoms with Gasteiger partial charge in [0.2, 0.25) is 6.41 Å². The summed E-state index contributed by atoms with van der Waals surface area (Å²) in [7, 11) is 0. The lowest BCUT2D eigenvalue weighted by Crippen LogP contribution is -2.14. The van der Waals surface area contributed by atoms with Crippen molar-refractivity contribution in [3.05, 3.63) is 0 Å². The van der Waals surface area contributed by atoms with Crippen LogP contribution in [-0.2, 0) is 4.79 Å². The summed E-state index contributed by atoms with van der Waals surface area (Å²) in [5.41, 5.74) is 0. The maximum absolute atomic E-state index is 9.89. The van der Waals surface area contributed by atoms with E-state index in [4.69, 9.17) is 0 Å². The average molecular weight is 127 g/mol. The molecule has 1 rings (SSSR count). The summed E-state index contributed by atoms with van der Waals surface area (Å²) in [5.74, 6) is 0.792. The van der Waals surface area contributed by atoms with Gasteiger partial charge in [0, 0.05) is 6.04 Å². The molecule has 0 radical (unpaired) electrons. The minimum atomic E-state index is 0.516. The first kappa shape index (κ1) is 6.59. The standard InChI is InChI=1S/C7H13NO/c1-2-3-6-4-7(6)8-5-9/h5-7H,2-4H2,1H3,(H,8,9). The Morgan fingerprint density at radius 3 is 3.11 bits per heavy atom. The van der Waals surface area contributed by atoms with Crippen LogP contribution in [0, 0.1) is 5.92 Å². The van der Waals surface area contributed by atoms with Crippen molar-refractivity contribution >= 4 is 6.41 Å². The molecule has 2 nitrogen and oxygen atoms in total. The fraction of sp³-hybridized carbons (Fsp3) is 0.857. The Labute approximate surface area is 55.6 Å². The highest BCUT2D eigenvalue weighted by molar-refractivity contribution is 5.47. The lowest BCUT2D eigenvalue weighted by molar-refractivity contribution is -0.109. The van der Waals surface area contributed by atoms with E-state index in [1.807, 2.05) is 0 Å². The first-order valence-corrected chi connectivity index (χ1v) is 3.58. The molecule has 52 valence electrons. The quantitative estimate of drug-likeness (QED) is 0.559. The SMILES string of the molecule is CCCC1CC1NC=O. The second-order valence-corrected chi connectivity index (χ2v) is 2.68. The van der Waals surface area contributed by atoms with Crippen molar-refractivity contribution in [1.29, 1.82) is 0 Å². The van der Waals surface area contributed by atoms with Crippen LogP contribution in [0.2, 0.25) is 0 Å². The number of carbonyl (C=O) groups is 1. The van der Waals surface area contributed by atoms with E-state index >= 15 is 0 Å². The lowest BCUT2D eigenvalue weighted by Gasteiger charge is -1.93. The highest BCUT2D eigenvalue weighted by atomic mass is 16.1. The molecular weight excluding hydrogens is 114 g/mol. The summed E-state index contributed by atoms with van der Waals surface area (Å²) in [4.78, 5) is 9.89. The van der Waals surface area contributed by atoms with E-state index in [2.05, 4.69) is 12.2 Å². The zero-order chi connectivity index (χ0) is 6.69. The van der Waals surface area contributed by atoms with Crippen LogP contribution in [0.5, 0.6) is 0 Å². The van der Waals surface area contributed by atoms with Gasteiger partial charge in [-0.25, -0.2) is 0 Å². The van der Waals surface area contributed by atoms with Gasteiger partial charge in [0.25, 0.3) is 0 Å². The Hall–Kier alpha value is -0.530. The first-order chi connectivity index (χ1) is 4.38. The van der Waals surface area contributed by atoms with Crippen molar-refractivity contribution in [2.45, 2.75) is 32.2 Å². The normalized spacial score (nSPS) is 31.7. The zero-order valence-corrected chi connectivity index (χ0v) is 5.76. The Balaban J connectivity index is 2.02. The predicted molar refractivity (Wildman–Crippen MR) is 36.0 cm³/mol. The van der Waals surface area contributed by atoms with Crippen LogP contribution in [0.1, 0.15) is 26.2 Å². The molecule has 2 unspecified atom stereocenters. The van der Waals surface area contributed by atoms with Crippen LogP contribution in [-0.4, -0.2) is 12.5 Å². The minimum Gasteiger partial charge on any atom is -0.356 e. The van der Waals surface area contributed by atoms with Crippen LogP contribution in [0.15, 0.2) is 0 Å². The number of rotatable bonds is 4. The van der Waals surface area contributed by atoms with Gasteiger partial charge in [-0.1, -0.05) is 13.3 Å². The van der Waals surface area contributed by atoms with Gasteiger partial charge in [-0.05, 0) is 18.8 Å². The molecule has 0 aliphatic heterocycles. The third-order valence-electron chi connectivity index (χ3n) is 1.86. The van der Waals surface area contributed by atoms with Crippen LogP contribution in [0.3, 0.4) is 0 Å². The molecule has 1 saturated carbocycles. The van der Waals surface area contributed by atoms with Crippen molar-refractivity contribution in [3.8, 4) is 0 Å². The summed E-state index contributed by atoms with van der Waals surface area (Å²) in [6.45, 7) is 2.18. The summed E-state index contributed by atoms with van der Waals surface area (Å²) >= 11 is 0. The smallest absolute Gasteiger partial charge is 0.207 e. The molecule has 9 heavy (non-hydrogen) atoms. The van der Waals surface area contributed by atoms with E-state index in [1.54, 1.807) is 0 Å². The van der Waals surface area contributed by atoms with Crippen molar-refractivity contribution < 1.29 is 4.79 Å². The molecule has 0 spiro atoms. The number of nitrogens with one attached hydrogen (secondary N) is 1. The van der Waals surface area contributed by atoms with Crippen LogP contribution >= 0.6 is 0 Å². The van der Waals surface area contributed by atoms with E-state index in [-0.39, 0.29) is 0 Å². The molecule has 1 aliphatic carbocycles. The van der Waals surface area contributed by atoms with E-state index < -0.39 is 0 Å². The highest BCUT2D eigenvalue weighted by Gasteiger charge is 2.35. The predicted octanol–water partition coefficient (Wildman–Crippen LogP) is 0.921. The Morgan fingerprint density at radius 2 is 2.56 bits per heavy atom. The van der Waals surface area contributed by atoms with Crippen molar-refractivity contribution in [2.75, 3.05) is 0 Å². The van der Waals surface area contributed by atoms with Gasteiger partial charge in [0.05, 0.1) is 0 Å².